The molecule has 5 nitrogen and oxygen atoms in total. The van der Waals surface area contributed by atoms with Crippen LogP contribution in [-0.2, 0) is 12.8 Å². The van der Waals surface area contributed by atoms with Gasteiger partial charge in [-0.15, -0.1) is 0 Å². The normalized spacial score (nSPS) is 12.4. The van der Waals surface area contributed by atoms with Gasteiger partial charge < -0.3 is 14.6 Å². The summed E-state index contributed by atoms with van der Waals surface area (Å²) in [5.41, 5.74) is 0. The highest BCUT2D eigenvalue weighted by Crippen LogP contribution is 2.27. The van der Waals surface area contributed by atoms with Crippen molar-refractivity contribution in [3.05, 3.63) is 39.4 Å². The average molecular weight is 375 g/mol. The highest BCUT2D eigenvalue weighted by atomic mass is 79.9. The average Bonchev–Trinajstić information content (AvgIpc) is 2.88. The Kier molecular flexibility index (Phi) is 6.02. The van der Waals surface area contributed by atoms with Crippen LogP contribution in [0.2, 0.25) is 5.02 Å². The number of nitrogens with one attached hydrogen (secondary N) is 1. The van der Waals surface area contributed by atoms with Gasteiger partial charge in [0.05, 0.1) is 17.5 Å². The minimum atomic E-state index is 0.316. The van der Waals surface area contributed by atoms with Gasteiger partial charge in [-0.1, -0.05) is 16.8 Å². The molecule has 0 fully saturated rings. The molecule has 1 N–H and O–H groups in total. The SMILES string of the molecule is CNC(C)Cc1noc(CCOc2ccc(Cl)cc2Br)n1. The molecule has 1 atom stereocenters. The molecule has 0 saturated carbocycles. The highest BCUT2D eigenvalue weighted by molar-refractivity contribution is 9.10. The van der Waals surface area contributed by atoms with Crippen molar-refractivity contribution >= 4 is 27.5 Å². The van der Waals surface area contributed by atoms with E-state index < -0.39 is 0 Å². The van der Waals surface area contributed by atoms with E-state index >= 15 is 0 Å². The molecule has 0 amide bonds. The van der Waals surface area contributed by atoms with Gasteiger partial charge in [0.2, 0.25) is 5.89 Å². The highest BCUT2D eigenvalue weighted by Gasteiger charge is 2.10. The molecular weight excluding hydrogens is 358 g/mol. The molecule has 0 spiro atoms. The summed E-state index contributed by atoms with van der Waals surface area (Å²) in [5, 5.41) is 7.75. The predicted octanol–water partition coefficient (Wildman–Crippen LogP) is 3.26. The van der Waals surface area contributed by atoms with Crippen molar-refractivity contribution in [2.45, 2.75) is 25.8 Å². The minimum Gasteiger partial charge on any atom is -0.492 e. The zero-order valence-electron chi connectivity index (χ0n) is 11.9. The summed E-state index contributed by atoms with van der Waals surface area (Å²) in [6, 6.07) is 5.71. The molecule has 1 unspecified atom stereocenters. The molecule has 7 heteroatoms. The molecule has 0 aliphatic heterocycles. The third kappa shape index (κ3) is 4.98. The molecule has 0 aliphatic rings. The van der Waals surface area contributed by atoms with E-state index in [0.29, 0.717) is 35.8 Å². The van der Waals surface area contributed by atoms with Gasteiger partial charge in [0.25, 0.3) is 0 Å². The zero-order chi connectivity index (χ0) is 15.2. The molecule has 1 aromatic heterocycles. The Morgan fingerprint density at radius 1 is 1.48 bits per heavy atom. The Bertz CT molecular complexity index is 591. The van der Waals surface area contributed by atoms with Crippen LogP contribution in [0.15, 0.2) is 27.2 Å². The summed E-state index contributed by atoms with van der Waals surface area (Å²) in [6.45, 7) is 2.53. The van der Waals surface area contributed by atoms with Crippen molar-refractivity contribution in [1.29, 1.82) is 0 Å². The maximum Gasteiger partial charge on any atom is 0.230 e. The fourth-order valence-corrected chi connectivity index (χ4v) is 2.49. The largest absolute Gasteiger partial charge is 0.492 e. The molecule has 0 bridgehead atoms. The zero-order valence-corrected chi connectivity index (χ0v) is 14.2. The third-order valence-electron chi connectivity index (χ3n) is 2.96. The van der Waals surface area contributed by atoms with Gasteiger partial charge in [0.1, 0.15) is 5.75 Å². The summed E-state index contributed by atoms with van der Waals surface area (Å²) in [7, 11) is 1.91. The number of rotatable bonds is 7. The van der Waals surface area contributed by atoms with Crippen molar-refractivity contribution in [3.63, 3.8) is 0 Å². The van der Waals surface area contributed by atoms with Crippen LogP contribution in [0.5, 0.6) is 5.75 Å². The van der Waals surface area contributed by atoms with Crippen LogP contribution >= 0.6 is 27.5 Å². The second kappa shape index (κ2) is 7.77. The van der Waals surface area contributed by atoms with Crippen LogP contribution in [-0.4, -0.2) is 29.8 Å². The van der Waals surface area contributed by atoms with Gasteiger partial charge in [-0.3, -0.25) is 0 Å². The van der Waals surface area contributed by atoms with E-state index in [1.54, 1.807) is 12.1 Å². The Morgan fingerprint density at radius 3 is 3.00 bits per heavy atom. The first-order chi connectivity index (χ1) is 10.1. The van der Waals surface area contributed by atoms with E-state index in [4.69, 9.17) is 20.9 Å². The lowest BCUT2D eigenvalue weighted by atomic mass is 10.2. The second-order valence-electron chi connectivity index (χ2n) is 4.67. The van der Waals surface area contributed by atoms with Crippen molar-refractivity contribution in [2.24, 2.45) is 0 Å². The number of ether oxygens (including phenoxy) is 1. The Balaban J connectivity index is 1.83. The second-order valence-corrected chi connectivity index (χ2v) is 5.96. The molecule has 114 valence electrons. The fraction of sp³-hybridized carbons (Fsp3) is 0.429. The Morgan fingerprint density at radius 2 is 2.29 bits per heavy atom. The lowest BCUT2D eigenvalue weighted by Crippen LogP contribution is -2.24. The topological polar surface area (TPSA) is 60.2 Å². The minimum absolute atomic E-state index is 0.316. The lowest BCUT2D eigenvalue weighted by molar-refractivity contribution is 0.290. The number of hydrogen-bond acceptors (Lipinski definition) is 5. The summed E-state index contributed by atoms with van der Waals surface area (Å²) >= 11 is 9.28. The van der Waals surface area contributed by atoms with E-state index in [0.717, 1.165) is 16.6 Å². The van der Waals surface area contributed by atoms with Crippen LogP contribution < -0.4 is 10.1 Å². The lowest BCUT2D eigenvalue weighted by Gasteiger charge is -2.06. The number of aromatic nitrogens is 2. The number of halogens is 2. The number of hydrogen-bond donors (Lipinski definition) is 1. The van der Waals surface area contributed by atoms with Crippen molar-refractivity contribution in [3.8, 4) is 5.75 Å². The van der Waals surface area contributed by atoms with Gasteiger partial charge in [-0.05, 0) is 48.1 Å². The van der Waals surface area contributed by atoms with Gasteiger partial charge >= 0.3 is 0 Å². The monoisotopic (exact) mass is 373 g/mol. The van der Waals surface area contributed by atoms with E-state index in [2.05, 4.69) is 38.3 Å². The number of nitrogens with zero attached hydrogens (tertiary/aromatic N) is 2. The first kappa shape index (κ1) is 16.3. The van der Waals surface area contributed by atoms with Gasteiger partial charge in [0.15, 0.2) is 5.82 Å². The van der Waals surface area contributed by atoms with Crippen LogP contribution in [0.4, 0.5) is 0 Å². The first-order valence-corrected chi connectivity index (χ1v) is 7.82. The van der Waals surface area contributed by atoms with E-state index in [9.17, 15) is 0 Å². The maximum atomic E-state index is 5.88. The van der Waals surface area contributed by atoms with Gasteiger partial charge in [0, 0.05) is 17.5 Å². The van der Waals surface area contributed by atoms with E-state index in [1.165, 1.54) is 0 Å². The van der Waals surface area contributed by atoms with Crippen LogP contribution in [0.1, 0.15) is 18.6 Å². The molecule has 0 radical (unpaired) electrons. The Labute approximate surface area is 137 Å². The first-order valence-electron chi connectivity index (χ1n) is 6.65. The number of likely N-dealkylation sites (N-methyl/N-ethyl adjacent to an activating group) is 1. The molecular formula is C14H17BrClN3O2. The fourth-order valence-electron chi connectivity index (χ4n) is 1.69. The number of benzene rings is 1. The summed E-state index contributed by atoms with van der Waals surface area (Å²) in [4.78, 5) is 4.34. The Hall–Kier alpha value is -1.11. The van der Waals surface area contributed by atoms with Crippen LogP contribution in [0.25, 0.3) is 0 Å². The molecule has 1 heterocycles. The predicted molar refractivity (Wildman–Crippen MR) is 84.9 cm³/mol. The van der Waals surface area contributed by atoms with E-state index in [1.807, 2.05) is 13.1 Å². The molecule has 2 aromatic rings. The van der Waals surface area contributed by atoms with Gasteiger partial charge in [-0.2, -0.15) is 4.98 Å². The smallest absolute Gasteiger partial charge is 0.230 e. The molecule has 2 rings (SSSR count). The van der Waals surface area contributed by atoms with Gasteiger partial charge in [-0.25, -0.2) is 0 Å². The molecule has 0 aliphatic carbocycles. The van der Waals surface area contributed by atoms with Crippen LogP contribution in [0, 0.1) is 0 Å². The third-order valence-corrected chi connectivity index (χ3v) is 3.81. The maximum absolute atomic E-state index is 5.88. The summed E-state index contributed by atoms with van der Waals surface area (Å²) in [5.74, 6) is 2.03. The molecule has 0 saturated heterocycles. The van der Waals surface area contributed by atoms with Crippen molar-refractivity contribution in [2.75, 3.05) is 13.7 Å². The van der Waals surface area contributed by atoms with Crippen molar-refractivity contribution in [1.82, 2.24) is 15.5 Å². The summed E-state index contributed by atoms with van der Waals surface area (Å²) in [6.07, 6.45) is 1.31. The summed E-state index contributed by atoms with van der Waals surface area (Å²) < 4.78 is 11.7. The van der Waals surface area contributed by atoms with Crippen molar-refractivity contribution < 1.29 is 9.26 Å². The molecule has 21 heavy (non-hydrogen) atoms. The standard InChI is InChI=1S/C14H17BrClN3O2/c1-9(17-2)7-13-18-14(21-19-13)5-6-20-12-4-3-10(16)8-11(12)15/h3-4,8-9,17H,5-7H2,1-2H3. The van der Waals surface area contributed by atoms with Crippen LogP contribution in [0.3, 0.4) is 0 Å². The molecule has 1 aromatic carbocycles. The van der Waals surface area contributed by atoms with E-state index in [-0.39, 0.29) is 0 Å². The quantitative estimate of drug-likeness (QED) is 0.806.